The van der Waals surface area contributed by atoms with E-state index in [-0.39, 0.29) is 12.6 Å². The van der Waals surface area contributed by atoms with E-state index in [0.29, 0.717) is 18.3 Å². The summed E-state index contributed by atoms with van der Waals surface area (Å²) in [5.41, 5.74) is 3.80. The van der Waals surface area contributed by atoms with E-state index < -0.39 is 0 Å². The topological polar surface area (TPSA) is 59.3 Å². The van der Waals surface area contributed by atoms with E-state index in [2.05, 4.69) is 17.3 Å². The minimum Gasteiger partial charge on any atom is -0.489 e. The van der Waals surface area contributed by atoms with Gasteiger partial charge in [0.1, 0.15) is 17.5 Å². The molecule has 0 aliphatic rings. The van der Waals surface area contributed by atoms with Gasteiger partial charge in [0.2, 0.25) is 0 Å². The van der Waals surface area contributed by atoms with Crippen LogP contribution in [0.1, 0.15) is 30.2 Å². The fraction of sp³-hybridized carbons (Fsp3) is 0.318. The largest absolute Gasteiger partial charge is 0.489 e. The normalized spacial score (nSPS) is 12.1. The lowest BCUT2D eigenvalue weighted by Crippen LogP contribution is -2.31. The van der Waals surface area contributed by atoms with Gasteiger partial charge < -0.3 is 15.2 Å². The van der Waals surface area contributed by atoms with Crippen LogP contribution in [0.5, 0.6) is 5.75 Å². The second kappa shape index (κ2) is 9.73. The molecule has 1 aromatic heterocycles. The molecule has 0 radical (unpaired) electrons. The van der Waals surface area contributed by atoms with Crippen molar-refractivity contribution in [2.24, 2.45) is 0 Å². The molecule has 28 heavy (non-hydrogen) atoms. The summed E-state index contributed by atoms with van der Waals surface area (Å²) >= 11 is 6.55. The lowest BCUT2D eigenvalue weighted by atomic mass is 10.2. The van der Waals surface area contributed by atoms with Crippen LogP contribution in [0.15, 0.2) is 54.6 Å². The molecule has 148 valence electrons. The zero-order valence-corrected chi connectivity index (χ0v) is 17.0. The molecule has 1 heterocycles. The van der Waals surface area contributed by atoms with E-state index in [1.807, 2.05) is 61.5 Å². The summed E-state index contributed by atoms with van der Waals surface area (Å²) in [6.45, 7) is 5.21. The van der Waals surface area contributed by atoms with Crippen molar-refractivity contribution in [1.29, 1.82) is 0 Å². The molecule has 5 nitrogen and oxygen atoms in total. The standard InChI is InChI=1S/C22H26ClN3O2/c1-3-18(14-27)24-13-17-9-11-20(12-10-17)28-15-21-16(2)25-26(22(21)23)19-7-5-4-6-8-19/h4-12,18,24,27H,3,13-15H2,1-2H3/t18-/m1/s1. The van der Waals surface area contributed by atoms with Crippen molar-refractivity contribution >= 4 is 11.6 Å². The number of aromatic nitrogens is 2. The van der Waals surface area contributed by atoms with Gasteiger partial charge in [0.15, 0.2) is 0 Å². The summed E-state index contributed by atoms with van der Waals surface area (Å²) in [4.78, 5) is 0. The van der Waals surface area contributed by atoms with E-state index in [4.69, 9.17) is 16.3 Å². The number of rotatable bonds is 9. The smallest absolute Gasteiger partial charge is 0.139 e. The first-order chi connectivity index (χ1) is 13.6. The molecule has 0 saturated carbocycles. The summed E-state index contributed by atoms with van der Waals surface area (Å²) in [5, 5.41) is 17.7. The minimum atomic E-state index is 0.127. The first-order valence-corrected chi connectivity index (χ1v) is 9.85. The summed E-state index contributed by atoms with van der Waals surface area (Å²) in [6, 6.07) is 17.9. The molecule has 0 spiro atoms. The highest BCUT2D eigenvalue weighted by Gasteiger charge is 2.15. The van der Waals surface area contributed by atoms with Gasteiger partial charge in [-0.1, -0.05) is 48.9 Å². The second-order valence-electron chi connectivity index (χ2n) is 6.70. The van der Waals surface area contributed by atoms with Crippen LogP contribution < -0.4 is 10.1 Å². The van der Waals surface area contributed by atoms with Crippen LogP contribution in [0.3, 0.4) is 0 Å². The van der Waals surface area contributed by atoms with Gasteiger partial charge in [-0.3, -0.25) is 0 Å². The van der Waals surface area contributed by atoms with Gasteiger partial charge in [-0.15, -0.1) is 0 Å². The molecule has 0 unspecified atom stereocenters. The molecule has 0 saturated heterocycles. The van der Waals surface area contributed by atoms with Crippen LogP contribution in [-0.2, 0) is 13.2 Å². The number of ether oxygens (including phenoxy) is 1. The van der Waals surface area contributed by atoms with Crippen LogP contribution in [0.2, 0.25) is 5.15 Å². The van der Waals surface area contributed by atoms with Crippen molar-refractivity contribution < 1.29 is 9.84 Å². The molecule has 0 aliphatic carbocycles. The average molecular weight is 400 g/mol. The van der Waals surface area contributed by atoms with Crippen LogP contribution >= 0.6 is 11.6 Å². The molecular weight excluding hydrogens is 374 g/mol. The van der Waals surface area contributed by atoms with Gasteiger partial charge in [-0.2, -0.15) is 5.10 Å². The number of benzene rings is 2. The fourth-order valence-electron chi connectivity index (χ4n) is 2.89. The predicted molar refractivity (Wildman–Crippen MR) is 112 cm³/mol. The SMILES string of the molecule is CC[C@H](CO)NCc1ccc(OCc2c(C)nn(-c3ccccc3)c2Cl)cc1. The predicted octanol–water partition coefficient (Wildman–Crippen LogP) is 4.27. The van der Waals surface area contributed by atoms with Gasteiger partial charge in [-0.05, 0) is 43.2 Å². The third kappa shape index (κ3) is 4.93. The van der Waals surface area contributed by atoms with Gasteiger partial charge in [0.25, 0.3) is 0 Å². The number of halogens is 1. The summed E-state index contributed by atoms with van der Waals surface area (Å²) in [7, 11) is 0. The molecule has 0 aliphatic heterocycles. The Labute approximate surface area is 170 Å². The molecule has 3 rings (SSSR count). The lowest BCUT2D eigenvalue weighted by molar-refractivity contribution is 0.238. The van der Waals surface area contributed by atoms with Gasteiger partial charge in [-0.25, -0.2) is 4.68 Å². The zero-order chi connectivity index (χ0) is 19.9. The Morgan fingerprint density at radius 1 is 1.14 bits per heavy atom. The maximum atomic E-state index is 9.25. The van der Waals surface area contributed by atoms with E-state index >= 15 is 0 Å². The first-order valence-electron chi connectivity index (χ1n) is 9.47. The molecular formula is C22H26ClN3O2. The highest BCUT2D eigenvalue weighted by molar-refractivity contribution is 6.30. The number of aliphatic hydroxyl groups is 1. The lowest BCUT2D eigenvalue weighted by Gasteiger charge is -2.14. The third-order valence-corrected chi connectivity index (χ3v) is 5.13. The molecule has 6 heteroatoms. The van der Waals surface area contributed by atoms with Crippen molar-refractivity contribution in [2.75, 3.05) is 6.61 Å². The van der Waals surface area contributed by atoms with Crippen LogP contribution in [0, 0.1) is 6.92 Å². The highest BCUT2D eigenvalue weighted by atomic mass is 35.5. The average Bonchev–Trinajstić information content (AvgIpc) is 3.02. The Hall–Kier alpha value is -2.34. The third-order valence-electron chi connectivity index (χ3n) is 4.74. The number of aryl methyl sites for hydroxylation is 1. The van der Waals surface area contributed by atoms with Gasteiger partial charge >= 0.3 is 0 Å². The fourth-order valence-corrected chi connectivity index (χ4v) is 3.22. The number of para-hydroxylation sites is 1. The molecule has 2 N–H and O–H groups in total. The van der Waals surface area contributed by atoms with Crippen LogP contribution in [0.25, 0.3) is 5.69 Å². The molecule has 3 aromatic rings. The molecule has 0 bridgehead atoms. The first kappa shape index (κ1) is 20.4. The van der Waals surface area contributed by atoms with E-state index in [1.54, 1.807) is 4.68 Å². The van der Waals surface area contributed by atoms with Crippen molar-refractivity contribution in [3.63, 3.8) is 0 Å². The Bertz CT molecular complexity index is 875. The Kier molecular flexibility index (Phi) is 7.09. The molecule has 0 fully saturated rings. The molecule has 0 amide bonds. The number of aliphatic hydroxyl groups excluding tert-OH is 1. The van der Waals surface area contributed by atoms with Crippen molar-refractivity contribution in [1.82, 2.24) is 15.1 Å². The second-order valence-corrected chi connectivity index (χ2v) is 7.06. The summed E-state index contributed by atoms with van der Waals surface area (Å²) in [6.07, 6.45) is 0.897. The van der Waals surface area contributed by atoms with Crippen LogP contribution in [-0.4, -0.2) is 27.5 Å². The maximum absolute atomic E-state index is 9.25. The van der Waals surface area contributed by atoms with E-state index in [9.17, 15) is 5.11 Å². The summed E-state index contributed by atoms with van der Waals surface area (Å²) in [5.74, 6) is 0.779. The summed E-state index contributed by atoms with van der Waals surface area (Å²) < 4.78 is 7.66. The Morgan fingerprint density at radius 2 is 1.86 bits per heavy atom. The highest BCUT2D eigenvalue weighted by Crippen LogP contribution is 2.25. The van der Waals surface area contributed by atoms with Crippen molar-refractivity contribution in [3.8, 4) is 11.4 Å². The number of hydrogen-bond acceptors (Lipinski definition) is 4. The maximum Gasteiger partial charge on any atom is 0.139 e. The van der Waals surface area contributed by atoms with Crippen molar-refractivity contribution in [2.45, 2.75) is 39.5 Å². The zero-order valence-electron chi connectivity index (χ0n) is 16.2. The Balaban J connectivity index is 1.62. The van der Waals surface area contributed by atoms with Gasteiger partial charge in [0, 0.05) is 18.2 Å². The Morgan fingerprint density at radius 3 is 2.50 bits per heavy atom. The number of nitrogens with zero attached hydrogens (tertiary/aromatic N) is 2. The molecule has 1 atom stereocenters. The van der Waals surface area contributed by atoms with E-state index in [0.717, 1.165) is 34.7 Å². The van der Waals surface area contributed by atoms with Crippen LogP contribution in [0.4, 0.5) is 0 Å². The van der Waals surface area contributed by atoms with Crippen molar-refractivity contribution in [3.05, 3.63) is 76.6 Å². The quantitative estimate of drug-likeness (QED) is 0.564. The monoisotopic (exact) mass is 399 g/mol. The van der Waals surface area contributed by atoms with E-state index in [1.165, 1.54) is 0 Å². The molecule has 2 aromatic carbocycles. The number of hydrogen-bond donors (Lipinski definition) is 2. The van der Waals surface area contributed by atoms with Gasteiger partial charge in [0.05, 0.1) is 18.0 Å². The number of nitrogens with one attached hydrogen (secondary N) is 1. The minimum absolute atomic E-state index is 0.127.